The zero-order valence-electron chi connectivity index (χ0n) is 9.58. The van der Waals surface area contributed by atoms with Crippen molar-refractivity contribution < 1.29 is 10.2 Å². The predicted octanol–water partition coefficient (Wildman–Crippen LogP) is -0.803. The number of nitrogens with one attached hydrogen (secondary N) is 1. The molecule has 0 aromatic carbocycles. The fourth-order valence-corrected chi connectivity index (χ4v) is 1.33. The van der Waals surface area contributed by atoms with Crippen LogP contribution in [0.4, 0.5) is 0 Å². The number of rotatable bonds is 8. The summed E-state index contributed by atoms with van der Waals surface area (Å²) < 4.78 is 1.60. The zero-order valence-corrected chi connectivity index (χ0v) is 9.58. The number of aromatic nitrogens is 3. The molecule has 1 rings (SSSR count). The van der Waals surface area contributed by atoms with Crippen LogP contribution in [0.1, 0.15) is 24.6 Å². The first-order valence-corrected chi connectivity index (χ1v) is 5.56. The highest BCUT2D eigenvalue weighted by Gasteiger charge is 2.13. The van der Waals surface area contributed by atoms with Crippen molar-refractivity contribution in [3.05, 3.63) is 11.9 Å². The van der Waals surface area contributed by atoms with Crippen molar-refractivity contribution in [1.82, 2.24) is 20.3 Å². The zero-order chi connectivity index (χ0) is 12.5. The number of nitrogens with zero attached hydrogens (tertiary/aromatic N) is 4. The normalized spacial score (nSPS) is 12.3. The third-order valence-electron chi connectivity index (χ3n) is 2.21. The first-order chi connectivity index (χ1) is 8.31. The Morgan fingerprint density at radius 3 is 2.82 bits per heavy atom. The fraction of sp³-hybridized carbons (Fsp3) is 0.700. The third-order valence-corrected chi connectivity index (χ3v) is 2.21. The molecule has 0 aliphatic rings. The van der Waals surface area contributed by atoms with Crippen molar-refractivity contribution in [2.24, 2.45) is 0 Å². The number of aliphatic hydroxyl groups excluding tert-OH is 2. The summed E-state index contributed by atoms with van der Waals surface area (Å²) in [5.74, 6) is 0. The Labute approximate surface area is 99.7 Å². The first kappa shape index (κ1) is 13.6. The van der Waals surface area contributed by atoms with Gasteiger partial charge in [-0.3, -0.25) is 10.00 Å². The van der Waals surface area contributed by atoms with Crippen LogP contribution >= 0.6 is 0 Å². The van der Waals surface area contributed by atoms with Crippen LogP contribution in [-0.4, -0.2) is 45.0 Å². The Kier molecular flexibility index (Phi) is 6.17. The summed E-state index contributed by atoms with van der Waals surface area (Å²) in [5, 5.41) is 37.0. The molecule has 94 valence electrons. The summed E-state index contributed by atoms with van der Waals surface area (Å²) in [7, 11) is 0. The molecule has 0 bridgehead atoms. The van der Waals surface area contributed by atoms with Crippen molar-refractivity contribution >= 4 is 0 Å². The molecule has 1 atom stereocenters. The Morgan fingerprint density at radius 2 is 2.18 bits per heavy atom. The molecule has 0 aliphatic carbocycles. The minimum absolute atomic E-state index is 0.0916. The molecule has 1 heterocycles. The SMILES string of the molecule is N#CC(NCCCO)c1cn(CCCO)nn1. The van der Waals surface area contributed by atoms with Gasteiger partial charge in [-0.2, -0.15) is 5.26 Å². The average Bonchev–Trinajstić information content (AvgIpc) is 2.81. The van der Waals surface area contributed by atoms with Gasteiger partial charge in [-0.1, -0.05) is 5.21 Å². The molecule has 1 aromatic heterocycles. The molecule has 0 saturated heterocycles. The highest BCUT2D eigenvalue weighted by Crippen LogP contribution is 2.07. The second kappa shape index (κ2) is 7.73. The molecule has 0 saturated carbocycles. The van der Waals surface area contributed by atoms with Crippen molar-refractivity contribution in [3.8, 4) is 6.07 Å². The Balaban J connectivity index is 2.51. The van der Waals surface area contributed by atoms with E-state index in [2.05, 4.69) is 21.7 Å². The van der Waals surface area contributed by atoms with E-state index in [0.717, 1.165) is 0 Å². The molecular weight excluding hydrogens is 222 g/mol. The largest absolute Gasteiger partial charge is 0.396 e. The third kappa shape index (κ3) is 4.48. The van der Waals surface area contributed by atoms with E-state index in [4.69, 9.17) is 15.5 Å². The highest BCUT2D eigenvalue weighted by atomic mass is 16.3. The molecule has 0 amide bonds. The van der Waals surface area contributed by atoms with Crippen LogP contribution in [0.25, 0.3) is 0 Å². The van der Waals surface area contributed by atoms with Crippen molar-refractivity contribution in [1.29, 1.82) is 5.26 Å². The van der Waals surface area contributed by atoms with Gasteiger partial charge in [-0.25, -0.2) is 0 Å². The maximum Gasteiger partial charge on any atom is 0.141 e. The molecule has 1 unspecified atom stereocenters. The summed E-state index contributed by atoms with van der Waals surface area (Å²) >= 11 is 0. The minimum atomic E-state index is -0.510. The highest BCUT2D eigenvalue weighted by molar-refractivity contribution is 5.10. The number of hydrogen-bond acceptors (Lipinski definition) is 6. The fourth-order valence-electron chi connectivity index (χ4n) is 1.33. The van der Waals surface area contributed by atoms with Gasteiger partial charge in [0.25, 0.3) is 0 Å². The first-order valence-electron chi connectivity index (χ1n) is 5.56. The monoisotopic (exact) mass is 239 g/mol. The van der Waals surface area contributed by atoms with Gasteiger partial charge in [0.2, 0.25) is 0 Å². The van der Waals surface area contributed by atoms with Crippen LogP contribution in [0, 0.1) is 11.3 Å². The molecular formula is C10H17N5O2. The quantitative estimate of drug-likeness (QED) is 0.512. The van der Waals surface area contributed by atoms with Gasteiger partial charge in [0, 0.05) is 19.8 Å². The van der Waals surface area contributed by atoms with E-state index < -0.39 is 6.04 Å². The molecule has 7 heteroatoms. The molecule has 0 spiro atoms. The lowest BCUT2D eigenvalue weighted by atomic mass is 10.2. The lowest BCUT2D eigenvalue weighted by molar-refractivity contribution is 0.276. The van der Waals surface area contributed by atoms with Crippen LogP contribution < -0.4 is 5.32 Å². The summed E-state index contributed by atoms with van der Waals surface area (Å²) in [4.78, 5) is 0. The maximum atomic E-state index is 8.97. The van der Waals surface area contributed by atoms with Gasteiger partial charge in [0.1, 0.15) is 11.7 Å². The smallest absolute Gasteiger partial charge is 0.141 e. The lowest BCUT2D eigenvalue weighted by Gasteiger charge is -2.06. The van der Waals surface area contributed by atoms with Crippen molar-refractivity contribution in [2.45, 2.75) is 25.4 Å². The molecule has 0 aliphatic heterocycles. The summed E-state index contributed by atoms with van der Waals surface area (Å²) in [6.07, 6.45) is 2.89. The van der Waals surface area contributed by atoms with E-state index in [-0.39, 0.29) is 13.2 Å². The number of hydrogen-bond donors (Lipinski definition) is 3. The summed E-state index contributed by atoms with van der Waals surface area (Å²) in [6.45, 7) is 1.33. The van der Waals surface area contributed by atoms with Gasteiger partial charge in [0.15, 0.2) is 0 Å². The van der Waals surface area contributed by atoms with Gasteiger partial charge in [-0.05, 0) is 19.4 Å². The van der Waals surface area contributed by atoms with Crippen LogP contribution in [-0.2, 0) is 6.54 Å². The van der Waals surface area contributed by atoms with E-state index in [1.54, 1.807) is 10.9 Å². The van der Waals surface area contributed by atoms with Gasteiger partial charge in [0.05, 0.1) is 12.3 Å². The number of nitriles is 1. The topological polar surface area (TPSA) is 107 Å². The van der Waals surface area contributed by atoms with Gasteiger partial charge in [-0.15, -0.1) is 5.10 Å². The lowest BCUT2D eigenvalue weighted by Crippen LogP contribution is -2.22. The van der Waals surface area contributed by atoms with Crippen LogP contribution in [0.15, 0.2) is 6.20 Å². The minimum Gasteiger partial charge on any atom is -0.396 e. The van der Waals surface area contributed by atoms with E-state index in [0.29, 0.717) is 31.6 Å². The maximum absolute atomic E-state index is 8.97. The summed E-state index contributed by atoms with van der Waals surface area (Å²) in [5.41, 5.74) is 0.559. The van der Waals surface area contributed by atoms with Gasteiger partial charge >= 0.3 is 0 Å². The summed E-state index contributed by atoms with van der Waals surface area (Å²) in [6, 6.07) is 1.58. The van der Waals surface area contributed by atoms with E-state index in [1.807, 2.05) is 0 Å². The van der Waals surface area contributed by atoms with Crippen LogP contribution in [0.3, 0.4) is 0 Å². The van der Waals surface area contributed by atoms with E-state index in [1.165, 1.54) is 0 Å². The molecule has 7 nitrogen and oxygen atoms in total. The molecule has 17 heavy (non-hydrogen) atoms. The molecule has 1 aromatic rings. The van der Waals surface area contributed by atoms with E-state index >= 15 is 0 Å². The van der Waals surface area contributed by atoms with Crippen molar-refractivity contribution in [3.63, 3.8) is 0 Å². The second-order valence-electron chi connectivity index (χ2n) is 3.58. The number of aliphatic hydroxyl groups is 2. The Bertz CT molecular complexity index is 360. The Hall–Kier alpha value is -1.49. The Morgan fingerprint density at radius 1 is 1.41 bits per heavy atom. The predicted molar refractivity (Wildman–Crippen MR) is 59.8 cm³/mol. The van der Waals surface area contributed by atoms with Crippen LogP contribution in [0.2, 0.25) is 0 Å². The van der Waals surface area contributed by atoms with Crippen LogP contribution in [0.5, 0.6) is 0 Å². The second-order valence-corrected chi connectivity index (χ2v) is 3.58. The van der Waals surface area contributed by atoms with Gasteiger partial charge < -0.3 is 10.2 Å². The standard InChI is InChI=1S/C10H17N5O2/c11-7-9(12-3-1-5-16)10-8-15(14-13-10)4-2-6-17/h8-9,12,16-17H,1-6H2. The average molecular weight is 239 g/mol. The molecule has 3 N–H and O–H groups in total. The van der Waals surface area contributed by atoms with Crippen molar-refractivity contribution in [2.75, 3.05) is 19.8 Å². The molecule has 0 radical (unpaired) electrons. The van der Waals surface area contributed by atoms with E-state index in [9.17, 15) is 0 Å². The molecule has 0 fully saturated rings. The number of aryl methyl sites for hydroxylation is 1.